The first kappa shape index (κ1) is 15.7. The number of nitrogens with two attached hydrogens (primary N) is 1. The number of carbonyl (C=O) groups is 1. The summed E-state index contributed by atoms with van der Waals surface area (Å²) in [5.41, 5.74) is 5.64. The molecule has 0 radical (unpaired) electrons. The number of hydrogen-bond donors (Lipinski definition) is 3. The average molecular weight is 277 g/mol. The molecule has 2 unspecified atom stereocenters. The maximum absolute atomic E-state index is 12.0. The lowest BCUT2D eigenvalue weighted by Crippen LogP contribution is -2.23. The fourth-order valence-corrected chi connectivity index (χ4v) is 4.08. The second kappa shape index (κ2) is 7.27. The Morgan fingerprint density at radius 2 is 1.94 bits per heavy atom. The van der Waals surface area contributed by atoms with Gasteiger partial charge in [0.2, 0.25) is 7.37 Å². The van der Waals surface area contributed by atoms with Gasteiger partial charge in [-0.15, -0.1) is 0 Å². The molecule has 6 heteroatoms. The van der Waals surface area contributed by atoms with Crippen molar-refractivity contribution in [3.05, 3.63) is 0 Å². The van der Waals surface area contributed by atoms with Crippen LogP contribution < -0.4 is 5.73 Å². The van der Waals surface area contributed by atoms with Gasteiger partial charge in [0.15, 0.2) is 0 Å². The zero-order chi connectivity index (χ0) is 13.6. The molecule has 0 aromatic rings. The zero-order valence-corrected chi connectivity index (χ0v) is 11.6. The van der Waals surface area contributed by atoms with Crippen molar-refractivity contribution in [1.29, 1.82) is 0 Å². The summed E-state index contributed by atoms with van der Waals surface area (Å²) in [6.45, 7) is 0. The third-order valence-electron chi connectivity index (χ3n) is 3.75. The zero-order valence-electron chi connectivity index (χ0n) is 10.8. The Labute approximate surface area is 108 Å². The van der Waals surface area contributed by atoms with Gasteiger partial charge in [-0.1, -0.05) is 32.1 Å². The minimum absolute atomic E-state index is 0.0772. The van der Waals surface area contributed by atoms with Crippen LogP contribution in [-0.2, 0) is 9.36 Å². The molecular weight excluding hydrogens is 253 g/mol. The van der Waals surface area contributed by atoms with Gasteiger partial charge in [0.25, 0.3) is 0 Å². The van der Waals surface area contributed by atoms with E-state index in [1.165, 1.54) is 19.3 Å². The van der Waals surface area contributed by atoms with Crippen LogP contribution in [0.1, 0.15) is 51.4 Å². The summed E-state index contributed by atoms with van der Waals surface area (Å²) in [5, 5.41) is 8.53. The number of hydrogen-bond acceptors (Lipinski definition) is 3. The Bertz CT molecular complexity index is 315. The van der Waals surface area contributed by atoms with Crippen LogP contribution in [0.4, 0.5) is 0 Å². The number of aliphatic carboxylic acids is 1. The number of carboxylic acid groups (broad SMARTS) is 1. The van der Waals surface area contributed by atoms with E-state index in [4.69, 9.17) is 10.8 Å². The van der Waals surface area contributed by atoms with Crippen molar-refractivity contribution in [2.75, 3.05) is 6.16 Å². The molecule has 0 aromatic carbocycles. The van der Waals surface area contributed by atoms with Crippen LogP contribution in [0.25, 0.3) is 0 Å². The molecule has 5 nitrogen and oxygen atoms in total. The van der Waals surface area contributed by atoms with E-state index in [1.807, 2.05) is 0 Å². The van der Waals surface area contributed by atoms with E-state index in [2.05, 4.69) is 0 Å². The molecule has 4 N–H and O–H groups in total. The minimum Gasteiger partial charge on any atom is -0.481 e. The number of carboxylic acids is 1. The van der Waals surface area contributed by atoms with Crippen LogP contribution in [-0.4, -0.2) is 27.9 Å². The van der Waals surface area contributed by atoms with Gasteiger partial charge in [0, 0.05) is 12.6 Å². The quantitative estimate of drug-likeness (QED) is 0.620. The number of rotatable bonds is 7. The highest BCUT2D eigenvalue weighted by Crippen LogP contribution is 2.47. The summed E-state index contributed by atoms with van der Waals surface area (Å²) in [7, 11) is -3.39. The Kier molecular flexibility index (Phi) is 6.33. The van der Waals surface area contributed by atoms with Gasteiger partial charge in [-0.25, -0.2) is 0 Å². The summed E-state index contributed by atoms with van der Waals surface area (Å²) in [5.74, 6) is -1.32. The smallest absolute Gasteiger partial charge is 0.303 e. The normalized spacial score (nSPS) is 22.3. The third kappa shape index (κ3) is 5.51. The van der Waals surface area contributed by atoms with E-state index in [-0.39, 0.29) is 19.0 Å². The molecule has 106 valence electrons. The maximum Gasteiger partial charge on any atom is 0.303 e. The van der Waals surface area contributed by atoms with Gasteiger partial charge >= 0.3 is 5.97 Å². The lowest BCUT2D eigenvalue weighted by Gasteiger charge is -2.24. The Morgan fingerprint density at radius 1 is 1.33 bits per heavy atom. The molecule has 1 aliphatic rings. The van der Waals surface area contributed by atoms with E-state index in [1.54, 1.807) is 0 Å². The van der Waals surface area contributed by atoms with Gasteiger partial charge in [0.05, 0.1) is 5.78 Å². The Balaban J connectivity index is 2.32. The summed E-state index contributed by atoms with van der Waals surface area (Å²) < 4.78 is 12.0. The fraction of sp³-hybridized carbons (Fsp3) is 0.917. The van der Waals surface area contributed by atoms with Gasteiger partial charge in [-0.3, -0.25) is 9.36 Å². The van der Waals surface area contributed by atoms with Crippen molar-refractivity contribution in [2.45, 2.75) is 57.1 Å². The highest BCUT2D eigenvalue weighted by atomic mass is 31.2. The minimum atomic E-state index is -3.39. The van der Waals surface area contributed by atoms with Crippen molar-refractivity contribution < 1.29 is 19.4 Å². The SMILES string of the molecule is NC(CCC(=O)O)P(=O)(O)CCC1CCCCC1. The van der Waals surface area contributed by atoms with Crippen molar-refractivity contribution in [3.8, 4) is 0 Å². The predicted molar refractivity (Wildman–Crippen MR) is 70.7 cm³/mol. The lowest BCUT2D eigenvalue weighted by molar-refractivity contribution is -0.137. The molecule has 0 bridgehead atoms. The average Bonchev–Trinajstić information content (AvgIpc) is 2.34. The van der Waals surface area contributed by atoms with Crippen molar-refractivity contribution in [3.63, 3.8) is 0 Å². The van der Waals surface area contributed by atoms with Crippen LogP contribution >= 0.6 is 7.37 Å². The third-order valence-corrected chi connectivity index (χ3v) is 5.95. The molecule has 1 aliphatic carbocycles. The predicted octanol–water partition coefficient (Wildman–Crippen LogP) is 2.38. The first-order chi connectivity index (χ1) is 8.42. The van der Waals surface area contributed by atoms with Gasteiger partial charge in [-0.05, 0) is 18.8 Å². The second-order valence-corrected chi connectivity index (χ2v) is 7.89. The largest absolute Gasteiger partial charge is 0.481 e. The molecule has 0 aliphatic heterocycles. The molecular formula is C12H24NO4P. The van der Waals surface area contributed by atoms with Crippen molar-refractivity contribution in [1.82, 2.24) is 0 Å². The fourth-order valence-electron chi connectivity index (χ4n) is 2.48. The topological polar surface area (TPSA) is 101 Å². The van der Waals surface area contributed by atoms with Crippen LogP contribution in [0.15, 0.2) is 0 Å². The summed E-state index contributed by atoms with van der Waals surface area (Å²) in [6.07, 6.45) is 6.90. The molecule has 1 rings (SSSR count). The Morgan fingerprint density at radius 3 is 2.50 bits per heavy atom. The van der Waals surface area contributed by atoms with Gasteiger partial charge in [0.1, 0.15) is 0 Å². The Hall–Kier alpha value is -0.380. The molecule has 18 heavy (non-hydrogen) atoms. The van der Waals surface area contributed by atoms with E-state index in [9.17, 15) is 14.3 Å². The maximum atomic E-state index is 12.0. The van der Waals surface area contributed by atoms with Crippen molar-refractivity contribution >= 4 is 13.3 Å². The molecule has 0 heterocycles. The standard InChI is InChI=1S/C12H24NO4P/c13-11(6-7-12(14)15)18(16,17)9-8-10-4-2-1-3-5-10/h10-11H,1-9,13H2,(H,14,15)(H,16,17). The molecule has 2 atom stereocenters. The van der Waals surface area contributed by atoms with Crippen LogP contribution in [0.3, 0.4) is 0 Å². The highest BCUT2D eigenvalue weighted by Gasteiger charge is 2.29. The van der Waals surface area contributed by atoms with Crippen LogP contribution in [0.2, 0.25) is 0 Å². The summed E-state index contributed by atoms with van der Waals surface area (Å²) in [6, 6.07) is 0. The van der Waals surface area contributed by atoms with Gasteiger partial charge in [-0.2, -0.15) is 0 Å². The van der Waals surface area contributed by atoms with E-state index >= 15 is 0 Å². The molecule has 1 fully saturated rings. The lowest BCUT2D eigenvalue weighted by atomic mass is 9.88. The molecule has 1 saturated carbocycles. The van der Waals surface area contributed by atoms with Gasteiger partial charge < -0.3 is 15.7 Å². The highest BCUT2D eigenvalue weighted by molar-refractivity contribution is 7.58. The van der Waals surface area contributed by atoms with E-state index in [0.717, 1.165) is 19.3 Å². The van der Waals surface area contributed by atoms with E-state index < -0.39 is 19.1 Å². The first-order valence-corrected chi connectivity index (χ1v) is 8.62. The van der Waals surface area contributed by atoms with Crippen LogP contribution in [0.5, 0.6) is 0 Å². The van der Waals surface area contributed by atoms with E-state index in [0.29, 0.717) is 5.92 Å². The van der Waals surface area contributed by atoms with Crippen molar-refractivity contribution in [2.24, 2.45) is 11.7 Å². The molecule has 0 saturated heterocycles. The second-order valence-electron chi connectivity index (χ2n) is 5.27. The van der Waals surface area contributed by atoms with Crippen LogP contribution in [0, 0.1) is 5.92 Å². The molecule has 0 amide bonds. The first-order valence-electron chi connectivity index (χ1n) is 6.70. The monoisotopic (exact) mass is 277 g/mol. The molecule has 0 aromatic heterocycles. The summed E-state index contributed by atoms with van der Waals surface area (Å²) >= 11 is 0. The molecule has 0 spiro atoms. The summed E-state index contributed by atoms with van der Waals surface area (Å²) in [4.78, 5) is 20.3.